The van der Waals surface area contributed by atoms with Gasteiger partial charge in [0.15, 0.2) is 0 Å². The Balaban J connectivity index is 1.23. The van der Waals surface area contributed by atoms with Crippen molar-refractivity contribution in [3.05, 3.63) is 200 Å². The third-order valence-corrected chi connectivity index (χ3v) is 15.0. The fourth-order valence-corrected chi connectivity index (χ4v) is 12.7. The molecule has 336 valence electrons. The van der Waals surface area contributed by atoms with Crippen LogP contribution in [0, 0.1) is 0 Å². The van der Waals surface area contributed by atoms with Crippen LogP contribution in [0.2, 0.25) is 0 Å². The maximum Gasteiger partial charge on any atom is 0.135 e. The largest absolute Gasteiger partial charge is 0.508 e. The number of ether oxygens (including phenoxy) is 2. The van der Waals surface area contributed by atoms with E-state index in [9.17, 15) is 51.1 Å². The van der Waals surface area contributed by atoms with E-state index in [1.807, 2.05) is 0 Å². The number of hydrogen-bond donors (Lipinski definition) is 10. The van der Waals surface area contributed by atoms with Gasteiger partial charge in [-0.25, -0.2) is 0 Å². The first kappa shape index (κ1) is 39.7. The van der Waals surface area contributed by atoms with Crippen LogP contribution in [0.3, 0.4) is 0 Å². The molecule has 0 spiro atoms. The van der Waals surface area contributed by atoms with E-state index in [-0.39, 0.29) is 57.5 Å². The van der Waals surface area contributed by atoms with E-state index in [1.54, 1.807) is 109 Å². The lowest BCUT2D eigenvalue weighted by Gasteiger charge is -2.45. The summed E-state index contributed by atoms with van der Waals surface area (Å²) in [5.74, 6) is -5.66. The Labute approximate surface area is 387 Å². The second-order valence-electron chi connectivity index (χ2n) is 18.5. The number of aromatic hydroxyl groups is 10. The molecular weight excluding hydrogens is 865 g/mol. The molecule has 2 aliphatic heterocycles. The van der Waals surface area contributed by atoms with Gasteiger partial charge in [-0.05, 0) is 105 Å². The van der Waals surface area contributed by atoms with E-state index < -0.39 is 47.7 Å². The van der Waals surface area contributed by atoms with Gasteiger partial charge in [-0.15, -0.1) is 0 Å². The second kappa shape index (κ2) is 13.9. The highest BCUT2D eigenvalue weighted by molar-refractivity contribution is 5.91. The number of benzene rings is 8. The maximum atomic E-state index is 12.7. The summed E-state index contributed by atoms with van der Waals surface area (Å²) in [7, 11) is 0. The van der Waals surface area contributed by atoms with Crippen molar-refractivity contribution in [2.45, 2.75) is 47.7 Å². The topological polar surface area (TPSA) is 221 Å². The molecule has 8 atom stereocenters. The Morgan fingerprint density at radius 1 is 0.279 bits per heavy atom. The molecule has 5 aliphatic rings. The summed E-state index contributed by atoms with van der Waals surface area (Å²) in [6.45, 7) is 0. The Kier molecular flexibility index (Phi) is 8.14. The molecule has 12 heteroatoms. The van der Waals surface area contributed by atoms with Crippen LogP contribution in [0.15, 0.2) is 133 Å². The number of phenolic OH excluding ortho intramolecular Hbond substituents is 10. The normalized spacial score (nSPS) is 22.9. The van der Waals surface area contributed by atoms with Gasteiger partial charge in [0.05, 0.1) is 11.8 Å². The molecule has 0 saturated carbocycles. The van der Waals surface area contributed by atoms with Crippen LogP contribution in [-0.2, 0) is 0 Å². The van der Waals surface area contributed by atoms with E-state index in [2.05, 4.69) is 0 Å². The molecule has 3 aliphatic carbocycles. The van der Waals surface area contributed by atoms with E-state index in [0.717, 1.165) is 0 Å². The van der Waals surface area contributed by atoms with Gasteiger partial charge in [0.25, 0.3) is 0 Å². The molecule has 68 heavy (non-hydrogen) atoms. The molecule has 0 unspecified atom stereocenters. The van der Waals surface area contributed by atoms with Crippen LogP contribution in [0.25, 0.3) is 11.1 Å². The van der Waals surface area contributed by atoms with Crippen LogP contribution in [0.1, 0.15) is 114 Å². The molecule has 2 heterocycles. The van der Waals surface area contributed by atoms with Crippen molar-refractivity contribution in [1.82, 2.24) is 0 Å². The third-order valence-electron chi connectivity index (χ3n) is 15.0. The zero-order chi connectivity index (χ0) is 46.6. The van der Waals surface area contributed by atoms with Crippen molar-refractivity contribution in [1.29, 1.82) is 0 Å². The smallest absolute Gasteiger partial charge is 0.135 e. The molecule has 10 N–H and O–H groups in total. The molecule has 13 rings (SSSR count). The van der Waals surface area contributed by atoms with Gasteiger partial charge in [0, 0.05) is 81.3 Å². The van der Waals surface area contributed by atoms with Gasteiger partial charge in [-0.1, -0.05) is 48.5 Å². The summed E-state index contributed by atoms with van der Waals surface area (Å²) in [5, 5.41) is 116. The highest BCUT2D eigenvalue weighted by atomic mass is 16.5. The molecule has 12 nitrogen and oxygen atoms in total. The molecule has 0 saturated heterocycles. The summed E-state index contributed by atoms with van der Waals surface area (Å²) >= 11 is 0. The average Bonchev–Trinajstić information content (AvgIpc) is 3.80. The number of fused-ring (bicyclic) bond motifs is 6. The average molecular weight is 905 g/mol. The van der Waals surface area contributed by atoms with Gasteiger partial charge in [-0.2, -0.15) is 0 Å². The van der Waals surface area contributed by atoms with Gasteiger partial charge in [0.2, 0.25) is 0 Å². The van der Waals surface area contributed by atoms with Crippen LogP contribution >= 0.6 is 0 Å². The molecule has 0 bridgehead atoms. The van der Waals surface area contributed by atoms with Crippen molar-refractivity contribution < 1.29 is 60.5 Å². The summed E-state index contributed by atoms with van der Waals surface area (Å²) in [6, 6.07) is 35.2. The summed E-state index contributed by atoms with van der Waals surface area (Å²) in [4.78, 5) is 0. The maximum absolute atomic E-state index is 12.7. The fraction of sp³-hybridized carbons (Fsp3) is 0.143. The Bertz CT molecular complexity index is 3210. The van der Waals surface area contributed by atoms with Crippen LogP contribution < -0.4 is 9.47 Å². The molecule has 0 radical (unpaired) electrons. The summed E-state index contributed by atoms with van der Waals surface area (Å²) < 4.78 is 13.8. The molecular formula is C56H40O12. The van der Waals surface area contributed by atoms with Crippen molar-refractivity contribution in [3.63, 3.8) is 0 Å². The molecule has 8 aromatic carbocycles. The lowest BCUT2D eigenvalue weighted by atomic mass is 9.57. The van der Waals surface area contributed by atoms with Crippen molar-refractivity contribution in [2.24, 2.45) is 0 Å². The Morgan fingerprint density at radius 3 is 0.941 bits per heavy atom. The van der Waals surface area contributed by atoms with E-state index in [0.29, 0.717) is 89.4 Å². The third kappa shape index (κ3) is 5.42. The van der Waals surface area contributed by atoms with Crippen molar-refractivity contribution in [3.8, 4) is 80.1 Å². The van der Waals surface area contributed by atoms with E-state index in [1.165, 1.54) is 24.3 Å². The highest BCUT2D eigenvalue weighted by Crippen LogP contribution is 2.74. The highest BCUT2D eigenvalue weighted by Gasteiger charge is 2.58. The fourth-order valence-electron chi connectivity index (χ4n) is 12.7. The second-order valence-corrected chi connectivity index (χ2v) is 18.5. The molecule has 0 amide bonds. The van der Waals surface area contributed by atoms with Crippen LogP contribution in [0.5, 0.6) is 69.0 Å². The Hall–Kier alpha value is -8.64. The monoisotopic (exact) mass is 904 g/mol. The first-order valence-electron chi connectivity index (χ1n) is 22.2. The van der Waals surface area contributed by atoms with E-state index in [4.69, 9.17) is 9.47 Å². The van der Waals surface area contributed by atoms with Crippen molar-refractivity contribution >= 4 is 0 Å². The minimum atomic E-state index is -0.868. The predicted molar refractivity (Wildman–Crippen MR) is 247 cm³/mol. The summed E-state index contributed by atoms with van der Waals surface area (Å²) in [6.07, 6.45) is -1.66. The number of hydrogen-bond acceptors (Lipinski definition) is 12. The zero-order valence-electron chi connectivity index (χ0n) is 35.6. The molecule has 8 aromatic rings. The minimum Gasteiger partial charge on any atom is -0.508 e. The Morgan fingerprint density at radius 2 is 0.603 bits per heavy atom. The molecule has 0 aromatic heterocycles. The molecule has 0 fully saturated rings. The van der Waals surface area contributed by atoms with Gasteiger partial charge in [-0.3, -0.25) is 0 Å². The first-order chi connectivity index (χ1) is 32.8. The van der Waals surface area contributed by atoms with Gasteiger partial charge in [0.1, 0.15) is 81.2 Å². The lowest BCUT2D eigenvalue weighted by molar-refractivity contribution is 0.220. The number of rotatable bonds is 4. The summed E-state index contributed by atoms with van der Waals surface area (Å²) in [5.41, 5.74) is 7.43. The van der Waals surface area contributed by atoms with Crippen LogP contribution in [0.4, 0.5) is 0 Å². The SMILES string of the molecule is Oc1ccc([C@@H]2c3c(O)cc(O)cc3[C@@H]3c4c(cc(O)c5c4[C@@H]2[C@H]2c4c-5c(O)cc5c4[C@@H](c4cc(O)cc(O)c4[C@H]2c2ccc(O)cc2)[C@H](c2ccc(O)cc2)O5)O[C@H]3c2ccc(O)cc2)cc1. The zero-order valence-corrected chi connectivity index (χ0v) is 35.6. The van der Waals surface area contributed by atoms with E-state index >= 15 is 0 Å². The lowest BCUT2D eigenvalue weighted by Crippen LogP contribution is -2.30. The minimum absolute atomic E-state index is 0.00887. The number of phenols is 10. The van der Waals surface area contributed by atoms with Gasteiger partial charge >= 0.3 is 0 Å². The predicted octanol–water partition coefficient (Wildman–Crippen LogP) is 10.4. The van der Waals surface area contributed by atoms with Gasteiger partial charge < -0.3 is 60.5 Å². The van der Waals surface area contributed by atoms with Crippen molar-refractivity contribution in [2.75, 3.05) is 0 Å². The standard InChI is InChI=1S/C56H40O12/c57-27-9-1-23(2-10-27)41-43-33(17-31(61)19-35(43)63)45-49-39(67-55(45)25-5-13-29(59)14-6-25)21-37(65)47-48-38(66)22-40-50-46(56(68-40)26-7-15-30(60)16-8-26)34-18-32(62)20-36(64)44(34)42(24-3-11-28(58)12-4-24)52(54(48)50)51(41)53(47)49/h1-22,41-42,45-46,51-52,55-66H/t41-,42-,45-,46-,51+,52+,55+,56+/m1/s1. The quantitative estimate of drug-likeness (QED) is 0.0797. The first-order valence-corrected chi connectivity index (χ1v) is 22.2. The van der Waals surface area contributed by atoms with Crippen LogP contribution in [-0.4, -0.2) is 51.1 Å².